The fourth-order valence-corrected chi connectivity index (χ4v) is 3.88. The van der Waals surface area contributed by atoms with Crippen molar-refractivity contribution in [2.75, 3.05) is 6.79 Å². The van der Waals surface area contributed by atoms with Crippen LogP contribution in [-0.4, -0.2) is 20.5 Å². The molecule has 0 unspecified atom stereocenters. The van der Waals surface area contributed by atoms with Gasteiger partial charge in [0, 0.05) is 0 Å². The third-order valence-corrected chi connectivity index (χ3v) is 6.70. The second-order valence-electron chi connectivity index (χ2n) is 6.82. The summed E-state index contributed by atoms with van der Waals surface area (Å²) in [7, 11) is -3.06. The molecule has 1 aliphatic heterocycles. The van der Waals surface area contributed by atoms with Crippen LogP contribution >= 0.6 is 0 Å². The Morgan fingerprint density at radius 2 is 1.60 bits per heavy atom. The maximum Gasteiger partial charge on any atom is 0.231 e. The number of ether oxygens (including phenoxy) is 2. The Bertz CT molecular complexity index is 852. The highest BCUT2D eigenvalue weighted by Gasteiger charge is 2.18. The van der Waals surface area contributed by atoms with E-state index in [4.69, 9.17) is 9.47 Å². The van der Waals surface area contributed by atoms with Crippen molar-refractivity contribution in [3.05, 3.63) is 58.7 Å². The summed E-state index contributed by atoms with van der Waals surface area (Å²) in [4.78, 5) is 0. The zero-order chi connectivity index (χ0) is 18.0. The quantitative estimate of drug-likeness (QED) is 0.785. The molecular formula is C20H24O4S. The number of benzene rings is 2. The van der Waals surface area contributed by atoms with Gasteiger partial charge >= 0.3 is 0 Å². The molecule has 0 bridgehead atoms. The van der Waals surface area contributed by atoms with Crippen molar-refractivity contribution in [1.82, 2.24) is 0 Å². The topological polar surface area (TPSA) is 52.6 Å². The first-order valence-corrected chi connectivity index (χ1v) is 10.3. The molecule has 2 aromatic carbocycles. The van der Waals surface area contributed by atoms with Crippen molar-refractivity contribution in [2.45, 2.75) is 44.6 Å². The number of aryl methyl sites for hydroxylation is 3. The predicted molar refractivity (Wildman–Crippen MR) is 98.9 cm³/mol. The molecule has 0 saturated heterocycles. The number of fused-ring (bicyclic) bond motifs is 1. The van der Waals surface area contributed by atoms with Gasteiger partial charge < -0.3 is 9.47 Å². The van der Waals surface area contributed by atoms with Crippen molar-refractivity contribution >= 4 is 9.84 Å². The van der Waals surface area contributed by atoms with E-state index in [9.17, 15) is 8.42 Å². The normalized spacial score (nSPS) is 13.4. The number of hydrogen-bond donors (Lipinski definition) is 0. The van der Waals surface area contributed by atoms with Crippen LogP contribution < -0.4 is 9.47 Å². The van der Waals surface area contributed by atoms with Gasteiger partial charge in [-0.15, -0.1) is 0 Å². The summed E-state index contributed by atoms with van der Waals surface area (Å²) in [6, 6.07) is 12.0. The van der Waals surface area contributed by atoms with Gasteiger partial charge in [0.1, 0.15) is 0 Å². The fraction of sp³-hybridized carbons (Fsp3) is 0.400. The van der Waals surface area contributed by atoms with Gasteiger partial charge in [-0.25, -0.2) is 8.42 Å². The van der Waals surface area contributed by atoms with Gasteiger partial charge in [0.2, 0.25) is 6.79 Å². The number of sulfone groups is 1. The van der Waals surface area contributed by atoms with Crippen LogP contribution in [0.3, 0.4) is 0 Å². The van der Waals surface area contributed by atoms with E-state index < -0.39 is 9.84 Å². The minimum Gasteiger partial charge on any atom is -0.454 e. The Labute approximate surface area is 149 Å². The average molecular weight is 360 g/mol. The van der Waals surface area contributed by atoms with Gasteiger partial charge in [0.25, 0.3) is 0 Å². The van der Waals surface area contributed by atoms with Crippen molar-refractivity contribution < 1.29 is 17.9 Å². The SMILES string of the molecule is Cc1cc(CCc2ccc(CS(=O)(=O)C(C)C)cc2)cc2c1OCO2. The van der Waals surface area contributed by atoms with E-state index in [-0.39, 0.29) is 11.0 Å². The Kier molecular flexibility index (Phi) is 5.04. The first kappa shape index (κ1) is 17.8. The van der Waals surface area contributed by atoms with Crippen LogP contribution in [-0.2, 0) is 28.4 Å². The summed E-state index contributed by atoms with van der Waals surface area (Å²) in [6.07, 6.45) is 1.80. The Morgan fingerprint density at radius 3 is 2.28 bits per heavy atom. The van der Waals surface area contributed by atoms with Crippen molar-refractivity contribution in [3.8, 4) is 11.5 Å². The zero-order valence-electron chi connectivity index (χ0n) is 14.9. The lowest BCUT2D eigenvalue weighted by Gasteiger charge is -2.09. The van der Waals surface area contributed by atoms with E-state index in [1.54, 1.807) is 13.8 Å². The van der Waals surface area contributed by atoms with E-state index >= 15 is 0 Å². The number of hydrogen-bond acceptors (Lipinski definition) is 4. The molecular weight excluding hydrogens is 336 g/mol. The first-order chi connectivity index (χ1) is 11.8. The van der Waals surface area contributed by atoms with Crippen LogP contribution in [0.4, 0.5) is 0 Å². The zero-order valence-corrected chi connectivity index (χ0v) is 15.7. The summed E-state index contributed by atoms with van der Waals surface area (Å²) in [5.41, 5.74) is 4.35. The molecule has 1 heterocycles. The van der Waals surface area contributed by atoms with Crippen molar-refractivity contribution in [3.63, 3.8) is 0 Å². The van der Waals surface area contributed by atoms with Crippen LogP contribution in [0, 0.1) is 6.92 Å². The third-order valence-electron chi connectivity index (χ3n) is 4.53. The molecule has 1 aliphatic rings. The molecule has 5 heteroatoms. The lowest BCUT2D eigenvalue weighted by molar-refractivity contribution is 0.173. The third kappa shape index (κ3) is 4.15. The molecule has 0 N–H and O–H groups in total. The Balaban J connectivity index is 1.64. The van der Waals surface area contributed by atoms with Crippen LogP contribution in [0.1, 0.15) is 36.1 Å². The summed E-state index contributed by atoms with van der Waals surface area (Å²) in [5.74, 6) is 1.77. The lowest BCUT2D eigenvalue weighted by atomic mass is 10.0. The highest BCUT2D eigenvalue weighted by atomic mass is 32.2. The van der Waals surface area contributed by atoms with Crippen LogP contribution in [0.5, 0.6) is 11.5 Å². The smallest absolute Gasteiger partial charge is 0.231 e. The van der Waals surface area contributed by atoms with E-state index in [1.165, 1.54) is 11.1 Å². The van der Waals surface area contributed by atoms with Crippen molar-refractivity contribution in [2.24, 2.45) is 0 Å². The fourth-order valence-electron chi connectivity index (χ4n) is 2.89. The summed E-state index contributed by atoms with van der Waals surface area (Å²) >= 11 is 0. The van der Waals surface area contributed by atoms with E-state index in [1.807, 2.05) is 37.3 Å². The molecule has 134 valence electrons. The molecule has 0 saturated carbocycles. The molecule has 2 aromatic rings. The molecule has 0 amide bonds. The molecule has 0 radical (unpaired) electrons. The lowest BCUT2D eigenvalue weighted by Crippen LogP contribution is -2.15. The van der Waals surface area contributed by atoms with Gasteiger partial charge in [-0.3, -0.25) is 0 Å². The minimum absolute atomic E-state index is 0.103. The Hall–Kier alpha value is -2.01. The minimum atomic E-state index is -3.06. The summed E-state index contributed by atoms with van der Waals surface area (Å²) in [5, 5.41) is -0.346. The predicted octanol–water partition coefficient (Wildman–Crippen LogP) is 3.83. The first-order valence-electron chi connectivity index (χ1n) is 8.53. The van der Waals surface area contributed by atoms with Gasteiger partial charge in [-0.1, -0.05) is 30.3 Å². The second-order valence-corrected chi connectivity index (χ2v) is 9.38. The van der Waals surface area contributed by atoms with Gasteiger partial charge in [0.15, 0.2) is 21.3 Å². The van der Waals surface area contributed by atoms with E-state index in [2.05, 4.69) is 6.07 Å². The van der Waals surface area contributed by atoms with Gasteiger partial charge in [-0.2, -0.15) is 0 Å². The van der Waals surface area contributed by atoms with Crippen LogP contribution in [0.15, 0.2) is 36.4 Å². The molecule has 3 rings (SSSR count). The molecule has 0 atom stereocenters. The molecule has 0 spiro atoms. The standard InChI is InChI=1S/C20H24O4S/c1-14(2)25(21,22)12-17-7-4-16(5-8-17)6-9-18-10-15(3)20-19(11-18)23-13-24-20/h4-5,7-8,10-11,14H,6,9,12-13H2,1-3H3. The second kappa shape index (κ2) is 7.08. The highest BCUT2D eigenvalue weighted by Crippen LogP contribution is 2.36. The molecule has 0 aliphatic carbocycles. The summed E-state index contributed by atoms with van der Waals surface area (Å²) < 4.78 is 34.9. The van der Waals surface area contributed by atoms with Crippen molar-refractivity contribution in [1.29, 1.82) is 0 Å². The van der Waals surface area contributed by atoms with E-state index in [0.29, 0.717) is 6.79 Å². The van der Waals surface area contributed by atoms with Crippen LogP contribution in [0.2, 0.25) is 0 Å². The molecule has 25 heavy (non-hydrogen) atoms. The molecule has 0 fully saturated rings. The van der Waals surface area contributed by atoms with Gasteiger partial charge in [-0.05, 0) is 61.9 Å². The highest BCUT2D eigenvalue weighted by molar-refractivity contribution is 7.91. The van der Waals surface area contributed by atoms with E-state index in [0.717, 1.165) is 35.5 Å². The monoisotopic (exact) mass is 360 g/mol. The summed E-state index contributed by atoms with van der Waals surface area (Å²) in [6.45, 7) is 5.76. The molecule has 4 nitrogen and oxygen atoms in total. The van der Waals surface area contributed by atoms with Gasteiger partial charge in [0.05, 0.1) is 11.0 Å². The number of rotatable bonds is 6. The average Bonchev–Trinajstić information content (AvgIpc) is 3.03. The largest absolute Gasteiger partial charge is 0.454 e. The van der Waals surface area contributed by atoms with Crippen LogP contribution in [0.25, 0.3) is 0 Å². The maximum absolute atomic E-state index is 12.0. The molecule has 0 aromatic heterocycles. The maximum atomic E-state index is 12.0. The Morgan fingerprint density at radius 1 is 0.960 bits per heavy atom.